The molecule has 0 saturated carbocycles. The van der Waals surface area contributed by atoms with E-state index in [2.05, 4.69) is 31.9 Å². The van der Waals surface area contributed by atoms with Gasteiger partial charge in [0.05, 0.1) is 62.2 Å². The van der Waals surface area contributed by atoms with Crippen LogP contribution in [0.25, 0.3) is 0 Å². The number of ether oxygens (including phenoxy) is 8. The number of hydrogen-bond donors (Lipinski definition) is 14. The maximum atomic E-state index is 14.4. The Morgan fingerprint density at radius 2 is 1.53 bits per heavy atom. The molecular weight excluding hydrogens is 1190 g/mol. The van der Waals surface area contributed by atoms with Gasteiger partial charge in [-0.2, -0.15) is 0 Å². The van der Waals surface area contributed by atoms with Gasteiger partial charge in [-0.3, -0.25) is 48.1 Å². The third-order valence-corrected chi connectivity index (χ3v) is 16.0. The molecule has 0 aromatic heterocycles. The Bertz CT molecular complexity index is 3120. The monoisotopic (exact) mass is 1260 g/mol. The Balaban J connectivity index is 0.976. The van der Waals surface area contributed by atoms with Gasteiger partial charge in [-0.05, 0) is 18.9 Å². The van der Waals surface area contributed by atoms with E-state index in [0.717, 1.165) is 0 Å². The number of carboxylic acids is 2. The molecule has 4 aliphatic heterocycles. The summed E-state index contributed by atoms with van der Waals surface area (Å²) in [5.41, 5.74) is -4.65. The van der Waals surface area contributed by atoms with E-state index < -0.39 is 231 Å². The Hall–Kier alpha value is -7.54. The minimum Gasteiger partial charge on any atom is -0.507 e. The van der Waals surface area contributed by atoms with E-state index in [1.807, 2.05) is 4.90 Å². The van der Waals surface area contributed by atoms with Crippen molar-refractivity contribution in [2.24, 2.45) is 5.92 Å². The van der Waals surface area contributed by atoms with E-state index in [4.69, 9.17) is 44.4 Å². The molecule has 0 bridgehead atoms. The molecule has 488 valence electrons. The number of carboxylic acid groups (broad SMARTS) is 2. The number of phenolic OH excluding ortho intramolecular Hbond substituents is 2. The highest BCUT2D eigenvalue weighted by Gasteiger charge is 2.56. The SMILES string of the molecule is [3H]C(CC(=O)O)C(=O)NCC(=O)NCCC(=O)N[C@H](C(=O)N[C@@H](CO[C@@H]1O[C@H](C(=O)O)[C@@H](O)[C@H](O)[C@H]1O)C(=O)NCCNC(=O)[C@]1(O)Cc2c(O)c3c(c(O)c2[C@@H](O[C@H]2C[C@H]4[C@H](O[C@@H]5[C@@H](OC)OCCN54)[C@H](C)O2)C1)C(=O)c1c(OC)cccc1C3=O)C(C)C. The van der Waals surface area contributed by atoms with Crippen molar-refractivity contribution >= 4 is 58.9 Å². The summed E-state index contributed by atoms with van der Waals surface area (Å²) >= 11 is 0. The number of carbonyl (C=O) groups excluding carboxylic acids is 8. The van der Waals surface area contributed by atoms with Crippen LogP contribution in [0, 0.1) is 5.92 Å². The fraction of sp³-hybridized carbons (Fsp3) is 0.607. The summed E-state index contributed by atoms with van der Waals surface area (Å²) in [7, 11) is 2.75. The number of aliphatic hydroxyl groups excluding tert-OH is 3. The molecule has 2 aromatic rings. The lowest BCUT2D eigenvalue weighted by Crippen LogP contribution is -2.61. The van der Waals surface area contributed by atoms with E-state index in [1.165, 1.54) is 46.3 Å². The van der Waals surface area contributed by atoms with Crippen LogP contribution in [0.2, 0.25) is 0 Å². The highest BCUT2D eigenvalue weighted by atomic mass is 16.7. The zero-order valence-electron chi connectivity index (χ0n) is 49.8. The number of morpholine rings is 1. The van der Waals surface area contributed by atoms with Gasteiger partial charge in [-0.25, -0.2) is 4.79 Å². The number of fused-ring (bicyclic) bond motifs is 6. The maximum Gasteiger partial charge on any atom is 0.335 e. The van der Waals surface area contributed by atoms with Crippen LogP contribution in [0.15, 0.2) is 18.2 Å². The zero-order valence-corrected chi connectivity index (χ0v) is 48.8. The fourth-order valence-corrected chi connectivity index (χ4v) is 11.6. The number of aliphatic hydroxyl groups is 4. The summed E-state index contributed by atoms with van der Waals surface area (Å²) in [4.78, 5) is 133. The summed E-state index contributed by atoms with van der Waals surface area (Å²) in [5.74, 6) is -13.1. The number of nitrogens with one attached hydrogen (secondary N) is 6. The number of hydrogen-bond acceptors (Lipinski definition) is 25. The molecule has 6 aliphatic rings. The van der Waals surface area contributed by atoms with Crippen LogP contribution in [0.5, 0.6) is 17.2 Å². The molecule has 4 fully saturated rings. The van der Waals surface area contributed by atoms with Crippen molar-refractivity contribution in [3.05, 3.63) is 51.6 Å². The Kier molecular flexibility index (Phi) is 21.1. The first-order valence-electron chi connectivity index (χ1n) is 29.0. The van der Waals surface area contributed by atoms with Gasteiger partial charge in [-0.15, -0.1) is 0 Å². The second-order valence-electron chi connectivity index (χ2n) is 22.3. The van der Waals surface area contributed by atoms with Crippen LogP contribution >= 0.6 is 0 Å². The molecule has 33 heteroatoms. The van der Waals surface area contributed by atoms with Gasteiger partial charge in [0.2, 0.25) is 35.3 Å². The molecule has 1 unspecified atom stereocenters. The Morgan fingerprint density at radius 1 is 0.809 bits per heavy atom. The molecule has 89 heavy (non-hydrogen) atoms. The number of carbonyl (C=O) groups is 10. The van der Waals surface area contributed by atoms with Gasteiger partial charge in [-0.1, -0.05) is 26.0 Å². The molecular formula is C56H73N7O26. The summed E-state index contributed by atoms with van der Waals surface area (Å²) in [5, 5.41) is 101. The minimum absolute atomic E-state index is 0.00495. The topological polar surface area (TPSA) is 482 Å². The van der Waals surface area contributed by atoms with Crippen LogP contribution < -0.4 is 36.6 Å². The van der Waals surface area contributed by atoms with Gasteiger partial charge in [0.15, 0.2) is 37.0 Å². The maximum absolute atomic E-state index is 14.4. The predicted octanol–water partition coefficient (Wildman–Crippen LogP) is -4.60. The molecule has 14 N–H and O–H groups in total. The van der Waals surface area contributed by atoms with Crippen molar-refractivity contribution < 1.29 is 128 Å². The van der Waals surface area contributed by atoms with E-state index in [9.17, 15) is 83.7 Å². The Morgan fingerprint density at radius 3 is 2.21 bits per heavy atom. The van der Waals surface area contributed by atoms with Gasteiger partial charge in [0, 0.05) is 89.5 Å². The van der Waals surface area contributed by atoms with E-state index in [0.29, 0.717) is 13.2 Å². The lowest BCUT2D eigenvalue weighted by atomic mass is 9.72. The van der Waals surface area contributed by atoms with Crippen LogP contribution in [0.1, 0.15) is 103 Å². The Labute approximate surface area is 508 Å². The van der Waals surface area contributed by atoms with Crippen molar-refractivity contribution in [1.29, 1.82) is 0 Å². The molecule has 0 spiro atoms. The number of rotatable bonds is 25. The summed E-state index contributed by atoms with van der Waals surface area (Å²) in [6.07, 6.45) is -19.9. The normalized spacial score (nSPS) is 29.0. The number of methoxy groups -OCH3 is 2. The van der Waals surface area contributed by atoms with E-state index in [-0.39, 0.29) is 47.0 Å². The zero-order chi connectivity index (χ0) is 65.8. The highest BCUT2D eigenvalue weighted by molar-refractivity contribution is 6.31. The lowest BCUT2D eigenvalue weighted by Gasteiger charge is -2.43. The fourth-order valence-electron chi connectivity index (χ4n) is 11.6. The second-order valence-corrected chi connectivity index (χ2v) is 22.3. The van der Waals surface area contributed by atoms with E-state index in [1.54, 1.807) is 6.92 Å². The number of benzene rings is 2. The molecule has 8 rings (SSSR count). The van der Waals surface area contributed by atoms with Crippen LogP contribution in [-0.4, -0.2) is 250 Å². The van der Waals surface area contributed by atoms with Crippen LogP contribution in [0.3, 0.4) is 0 Å². The van der Waals surface area contributed by atoms with Gasteiger partial charge in [0.25, 0.3) is 5.91 Å². The lowest BCUT2D eigenvalue weighted by molar-refractivity contribution is -0.294. The standard InChI is InChI=1S/C56H73N7O26/c1-22(2)39(62-31(65)11-12-57-32(66)20-60-30(64)9-10-33(67)68)50(77)61-26(21-85-53-46(75)44(73)45(74)48(89-53)52(78)79)49(76)58-13-14-59-55(80)56(81)18-25-36(43(72)38-37(41(25)70)40(69)24-7-6-8-28(82-4)35(24)42(38)71)29(19-56)87-34-17-27-47(23(3)86-34)88-51-54(83-5)84-16-15-63(27)51/h6-8,22-23,26-27,29,34,39,44-48,51,53-54,70,72-75,81H,9-21H2,1-5H3,(H,57,66)(H,58,76)(H,59,80)(H,60,64)(H,61,77)(H,62,65)(H,67,68)(H,78,79)/t23-,26-,27-,29-,34-,39-,44-,45-,46+,47+,48-,51+,53+,54-,56-/m0/s1/i9T/t9?,23-,26-,27-,29-,34-,39-,44-,45-,46+,47+,48-,51+,53+,54-,56-. The second kappa shape index (κ2) is 28.5. The van der Waals surface area contributed by atoms with Crippen molar-refractivity contribution in [3.63, 3.8) is 0 Å². The quantitative estimate of drug-likeness (QED) is 0.0280. The summed E-state index contributed by atoms with van der Waals surface area (Å²) in [6, 6.07) is 0.618. The largest absolute Gasteiger partial charge is 0.507 e. The number of ketones is 2. The van der Waals surface area contributed by atoms with Gasteiger partial charge in [0.1, 0.15) is 59.3 Å². The molecule has 4 saturated heterocycles. The summed E-state index contributed by atoms with van der Waals surface area (Å²) in [6.45, 7) is 2.61. The molecule has 2 aromatic carbocycles. The van der Waals surface area contributed by atoms with E-state index >= 15 is 0 Å². The summed E-state index contributed by atoms with van der Waals surface area (Å²) < 4.78 is 54.2. The first-order chi connectivity index (χ1) is 42.6. The first-order valence-corrected chi connectivity index (χ1v) is 28.4. The number of aromatic hydroxyl groups is 2. The molecule has 16 atom stereocenters. The van der Waals surface area contributed by atoms with Crippen molar-refractivity contribution in [2.45, 2.75) is 151 Å². The van der Waals surface area contributed by atoms with Crippen LogP contribution in [-0.2, 0) is 77.9 Å². The van der Waals surface area contributed by atoms with Crippen molar-refractivity contribution in [1.82, 2.24) is 36.8 Å². The number of amides is 6. The number of aliphatic carboxylic acids is 2. The van der Waals surface area contributed by atoms with Crippen molar-refractivity contribution in [3.8, 4) is 17.2 Å². The molecule has 4 heterocycles. The molecule has 0 radical (unpaired) electrons. The highest BCUT2D eigenvalue weighted by Crippen LogP contribution is 2.53. The average Bonchev–Trinajstić information content (AvgIpc) is 0.871. The van der Waals surface area contributed by atoms with Crippen LogP contribution in [0.4, 0.5) is 0 Å². The third kappa shape index (κ3) is 14.6. The number of nitrogens with zero attached hydrogens (tertiary/aromatic N) is 1. The first kappa shape index (κ1) is 65.9. The molecule has 2 aliphatic carbocycles. The van der Waals surface area contributed by atoms with Gasteiger partial charge >= 0.3 is 11.9 Å². The third-order valence-electron chi connectivity index (χ3n) is 16.0. The molecule has 6 amide bonds. The van der Waals surface area contributed by atoms with Crippen molar-refractivity contribution in [2.75, 3.05) is 60.2 Å². The smallest absolute Gasteiger partial charge is 0.335 e. The average molecular weight is 1260 g/mol. The minimum atomic E-state index is -2.56. The van der Waals surface area contributed by atoms with Gasteiger partial charge < -0.3 is 111 Å². The number of phenols is 2. The molecule has 33 nitrogen and oxygen atoms in total. The predicted molar refractivity (Wildman–Crippen MR) is 294 cm³/mol.